The maximum absolute atomic E-state index is 11.8. The number of cyclic esters (lactones) is 1. The summed E-state index contributed by atoms with van der Waals surface area (Å²) in [7, 11) is 0. The number of nitro groups is 1. The van der Waals surface area contributed by atoms with Crippen molar-refractivity contribution in [2.24, 2.45) is 0 Å². The Kier molecular flexibility index (Phi) is 4.29. The van der Waals surface area contributed by atoms with Crippen molar-refractivity contribution in [1.82, 2.24) is 0 Å². The largest absolute Gasteiger partial charge is 0.456 e. The lowest BCUT2D eigenvalue weighted by Gasteiger charge is -1.98. The predicted molar refractivity (Wildman–Crippen MR) is 87.9 cm³/mol. The minimum Gasteiger partial charge on any atom is -0.456 e. The molecule has 1 aliphatic rings. The SMILES string of the molecule is CCCC1=CC(=Cc2ccc(-c3ccccc3[N+](=O)[O-])o2)C(=O)O1. The summed E-state index contributed by atoms with van der Waals surface area (Å²) in [5, 5.41) is 11.1. The molecule has 0 saturated heterocycles. The molecule has 0 bridgehead atoms. The number of hydrogen-bond donors (Lipinski definition) is 0. The molecule has 2 aromatic rings. The van der Waals surface area contributed by atoms with Crippen LogP contribution in [-0.2, 0) is 9.53 Å². The van der Waals surface area contributed by atoms with Crippen molar-refractivity contribution in [1.29, 1.82) is 0 Å². The third-order valence-electron chi connectivity index (χ3n) is 3.56. The maximum Gasteiger partial charge on any atom is 0.343 e. The number of furan rings is 1. The Balaban J connectivity index is 1.91. The first-order valence-corrected chi connectivity index (χ1v) is 7.56. The number of para-hydroxylation sites is 1. The van der Waals surface area contributed by atoms with Gasteiger partial charge in [0.05, 0.1) is 16.1 Å². The van der Waals surface area contributed by atoms with Crippen LogP contribution in [0.3, 0.4) is 0 Å². The van der Waals surface area contributed by atoms with Gasteiger partial charge in [0.2, 0.25) is 0 Å². The molecule has 0 saturated carbocycles. The van der Waals surface area contributed by atoms with Crippen LogP contribution in [0.25, 0.3) is 17.4 Å². The van der Waals surface area contributed by atoms with Gasteiger partial charge in [-0.3, -0.25) is 10.1 Å². The zero-order valence-corrected chi connectivity index (χ0v) is 13.0. The highest BCUT2D eigenvalue weighted by molar-refractivity contribution is 5.99. The van der Waals surface area contributed by atoms with E-state index in [0.717, 1.165) is 6.42 Å². The van der Waals surface area contributed by atoms with E-state index in [1.165, 1.54) is 6.07 Å². The molecule has 1 aromatic carbocycles. The molecule has 0 fully saturated rings. The second kappa shape index (κ2) is 6.54. The van der Waals surface area contributed by atoms with Crippen LogP contribution in [0.4, 0.5) is 5.69 Å². The number of esters is 1. The number of nitrogens with zero attached hydrogens (tertiary/aromatic N) is 1. The number of hydrogen-bond acceptors (Lipinski definition) is 5. The summed E-state index contributed by atoms with van der Waals surface area (Å²) in [4.78, 5) is 22.5. The van der Waals surface area contributed by atoms with Gasteiger partial charge in [-0.25, -0.2) is 4.79 Å². The molecule has 1 aliphatic heterocycles. The van der Waals surface area contributed by atoms with Crippen molar-refractivity contribution < 1.29 is 18.9 Å². The van der Waals surface area contributed by atoms with Gasteiger partial charge in [0.25, 0.3) is 5.69 Å². The van der Waals surface area contributed by atoms with Gasteiger partial charge in [0.1, 0.15) is 17.3 Å². The third kappa shape index (κ3) is 3.12. The number of carbonyl (C=O) groups is 1. The van der Waals surface area contributed by atoms with Gasteiger partial charge in [-0.2, -0.15) is 0 Å². The van der Waals surface area contributed by atoms with Gasteiger partial charge in [-0.15, -0.1) is 0 Å². The van der Waals surface area contributed by atoms with Crippen LogP contribution < -0.4 is 0 Å². The van der Waals surface area contributed by atoms with Crippen molar-refractivity contribution in [3.05, 3.63) is 69.7 Å². The van der Waals surface area contributed by atoms with E-state index >= 15 is 0 Å². The van der Waals surface area contributed by atoms with Crippen molar-refractivity contribution in [3.8, 4) is 11.3 Å². The fourth-order valence-corrected chi connectivity index (χ4v) is 2.48. The lowest BCUT2D eigenvalue weighted by atomic mass is 10.1. The molecule has 1 aromatic heterocycles. The van der Waals surface area contributed by atoms with E-state index in [2.05, 4.69) is 0 Å². The highest BCUT2D eigenvalue weighted by Crippen LogP contribution is 2.32. The Labute approximate surface area is 138 Å². The fraction of sp³-hybridized carbons (Fsp3) is 0.167. The summed E-state index contributed by atoms with van der Waals surface area (Å²) in [6, 6.07) is 9.66. The van der Waals surface area contributed by atoms with Crippen molar-refractivity contribution in [2.45, 2.75) is 19.8 Å². The van der Waals surface area contributed by atoms with Crippen LogP contribution in [0.2, 0.25) is 0 Å². The van der Waals surface area contributed by atoms with Gasteiger partial charge >= 0.3 is 5.97 Å². The summed E-state index contributed by atoms with van der Waals surface area (Å²) in [6.07, 6.45) is 4.85. The predicted octanol–water partition coefficient (Wildman–Crippen LogP) is 4.48. The van der Waals surface area contributed by atoms with Crippen molar-refractivity contribution >= 4 is 17.7 Å². The Morgan fingerprint density at radius 1 is 1.21 bits per heavy atom. The zero-order chi connectivity index (χ0) is 17.1. The normalized spacial score (nSPS) is 15.5. The molecule has 0 amide bonds. The average Bonchev–Trinajstić information content (AvgIpc) is 3.15. The molecule has 6 nitrogen and oxygen atoms in total. The lowest BCUT2D eigenvalue weighted by molar-refractivity contribution is -0.384. The van der Waals surface area contributed by atoms with E-state index in [1.54, 1.807) is 42.5 Å². The second-order valence-corrected chi connectivity index (χ2v) is 5.33. The maximum atomic E-state index is 11.8. The number of rotatable bonds is 5. The molecule has 0 N–H and O–H groups in total. The van der Waals surface area contributed by atoms with E-state index in [-0.39, 0.29) is 5.69 Å². The number of carbonyl (C=O) groups excluding carboxylic acids is 1. The molecular formula is C18H15NO5. The Morgan fingerprint density at radius 3 is 2.75 bits per heavy atom. The third-order valence-corrected chi connectivity index (χ3v) is 3.56. The van der Waals surface area contributed by atoms with Crippen LogP contribution in [0.15, 0.2) is 58.2 Å². The summed E-state index contributed by atoms with van der Waals surface area (Å²) in [6.45, 7) is 2.00. The first kappa shape index (κ1) is 15.7. The van der Waals surface area contributed by atoms with Crippen molar-refractivity contribution in [2.75, 3.05) is 0 Å². The van der Waals surface area contributed by atoms with Crippen molar-refractivity contribution in [3.63, 3.8) is 0 Å². The number of allylic oxidation sites excluding steroid dienone is 1. The molecule has 0 spiro atoms. The average molecular weight is 325 g/mol. The number of ether oxygens (including phenoxy) is 1. The molecular weight excluding hydrogens is 310 g/mol. The van der Waals surface area contributed by atoms with Gasteiger partial charge in [0.15, 0.2) is 0 Å². The van der Waals surface area contributed by atoms with E-state index in [0.29, 0.717) is 34.8 Å². The molecule has 2 heterocycles. The highest BCUT2D eigenvalue weighted by Gasteiger charge is 2.21. The molecule has 0 radical (unpaired) electrons. The van der Waals surface area contributed by atoms with Gasteiger partial charge in [0, 0.05) is 12.5 Å². The fourth-order valence-electron chi connectivity index (χ4n) is 2.48. The van der Waals surface area contributed by atoms with E-state index in [9.17, 15) is 14.9 Å². The first-order chi connectivity index (χ1) is 11.6. The number of nitro benzene ring substituents is 1. The molecule has 24 heavy (non-hydrogen) atoms. The van der Waals surface area contributed by atoms with Gasteiger partial charge < -0.3 is 9.15 Å². The Morgan fingerprint density at radius 2 is 2.00 bits per heavy atom. The van der Waals surface area contributed by atoms with E-state index in [1.807, 2.05) is 6.92 Å². The summed E-state index contributed by atoms with van der Waals surface area (Å²) >= 11 is 0. The summed E-state index contributed by atoms with van der Waals surface area (Å²) in [5.41, 5.74) is 0.765. The molecule has 3 rings (SSSR count). The van der Waals surface area contributed by atoms with Crippen LogP contribution in [0.1, 0.15) is 25.5 Å². The summed E-state index contributed by atoms with van der Waals surface area (Å²) in [5.74, 6) is 1.03. The zero-order valence-electron chi connectivity index (χ0n) is 13.0. The van der Waals surface area contributed by atoms with Crippen LogP contribution >= 0.6 is 0 Å². The van der Waals surface area contributed by atoms with Gasteiger partial charge in [-0.05, 0) is 36.8 Å². The standard InChI is InChI=1S/C18H15NO5/c1-2-5-13-10-12(18(20)24-13)11-14-8-9-17(23-14)15-6-3-4-7-16(15)19(21)22/h3-4,6-11H,2,5H2,1H3. The van der Waals surface area contributed by atoms with Crippen LogP contribution in [0, 0.1) is 10.1 Å². The first-order valence-electron chi connectivity index (χ1n) is 7.56. The molecule has 6 heteroatoms. The monoisotopic (exact) mass is 325 g/mol. The molecule has 122 valence electrons. The van der Waals surface area contributed by atoms with E-state index < -0.39 is 10.9 Å². The van der Waals surface area contributed by atoms with Crippen LogP contribution in [-0.4, -0.2) is 10.9 Å². The molecule has 0 aliphatic carbocycles. The number of benzene rings is 1. The topological polar surface area (TPSA) is 82.6 Å². The van der Waals surface area contributed by atoms with E-state index in [4.69, 9.17) is 9.15 Å². The minimum absolute atomic E-state index is 0.0311. The molecule has 0 unspecified atom stereocenters. The minimum atomic E-state index is -0.454. The quantitative estimate of drug-likeness (QED) is 0.350. The second-order valence-electron chi connectivity index (χ2n) is 5.33. The highest BCUT2D eigenvalue weighted by atomic mass is 16.6. The van der Waals surface area contributed by atoms with Crippen LogP contribution in [0.5, 0.6) is 0 Å². The Hall–Kier alpha value is -3.15. The smallest absolute Gasteiger partial charge is 0.343 e. The molecule has 0 atom stereocenters. The Bertz CT molecular complexity index is 860. The summed E-state index contributed by atoms with van der Waals surface area (Å²) < 4.78 is 10.8. The van der Waals surface area contributed by atoms with Gasteiger partial charge in [-0.1, -0.05) is 19.1 Å². The lowest BCUT2D eigenvalue weighted by Crippen LogP contribution is -1.96.